The van der Waals surface area contributed by atoms with Crippen molar-refractivity contribution in [3.63, 3.8) is 0 Å². The maximum atomic E-state index is 8.87. The second-order valence-electron chi connectivity index (χ2n) is 3.23. The van der Waals surface area contributed by atoms with Gasteiger partial charge in [-0.1, -0.05) is 67.4 Å². The highest BCUT2D eigenvalue weighted by molar-refractivity contribution is 9.10. The van der Waals surface area contributed by atoms with E-state index in [0.29, 0.717) is 15.1 Å². The quantitative estimate of drug-likeness (QED) is 0.612. The number of pyridine rings is 1. The van der Waals surface area contributed by atoms with Crippen LogP contribution in [0.2, 0.25) is 10.2 Å². The minimum atomic E-state index is 0.180. The van der Waals surface area contributed by atoms with Crippen LogP contribution in [-0.2, 0) is 0 Å². The van der Waals surface area contributed by atoms with Crippen molar-refractivity contribution in [1.82, 2.24) is 4.98 Å². The van der Waals surface area contributed by atoms with E-state index in [2.05, 4.69) is 20.9 Å². The number of halogens is 3. The maximum Gasteiger partial charge on any atom is 0.157 e. The number of rotatable bonds is 1. The van der Waals surface area contributed by atoms with Crippen molar-refractivity contribution in [2.45, 2.75) is 13.8 Å². The Hall–Kier alpha value is -1.08. The molecule has 0 unspecified atom stereocenters. The summed E-state index contributed by atoms with van der Waals surface area (Å²) in [6.45, 7) is 4.00. The summed E-state index contributed by atoms with van der Waals surface area (Å²) < 4.78 is 0.463. The third-order valence-electron chi connectivity index (χ3n) is 2.20. The van der Waals surface area contributed by atoms with Crippen LogP contribution < -0.4 is 0 Å². The van der Waals surface area contributed by atoms with Crippen molar-refractivity contribution >= 4 is 39.1 Å². The van der Waals surface area contributed by atoms with Gasteiger partial charge >= 0.3 is 0 Å². The average molecular weight is 358 g/mol. The van der Waals surface area contributed by atoms with Gasteiger partial charge in [0.05, 0.1) is 9.50 Å². The maximum absolute atomic E-state index is 8.87. The fourth-order valence-corrected chi connectivity index (χ4v) is 2.43. The minimum Gasteiger partial charge on any atom is -0.223 e. The van der Waals surface area contributed by atoms with Gasteiger partial charge in [-0.2, -0.15) is 5.26 Å². The molecule has 0 radical (unpaired) electrons. The predicted molar refractivity (Wildman–Crippen MR) is 83.5 cm³/mol. The number of hydrogen-bond acceptors (Lipinski definition) is 2. The SMILES string of the molecule is CC.N#Cc1nc(Cl)c(-c2ccccc2)c(Cl)c1Br. The van der Waals surface area contributed by atoms with Crippen LogP contribution in [0.25, 0.3) is 11.1 Å². The minimum absolute atomic E-state index is 0.180. The summed E-state index contributed by atoms with van der Waals surface area (Å²) in [4.78, 5) is 4.00. The molecule has 1 aromatic heterocycles. The fraction of sp³-hybridized carbons (Fsp3) is 0.143. The van der Waals surface area contributed by atoms with Crippen molar-refractivity contribution in [2.24, 2.45) is 0 Å². The smallest absolute Gasteiger partial charge is 0.157 e. The third-order valence-corrected chi connectivity index (χ3v) is 3.86. The Morgan fingerprint density at radius 1 is 1.16 bits per heavy atom. The second-order valence-corrected chi connectivity index (χ2v) is 4.76. The van der Waals surface area contributed by atoms with E-state index in [1.54, 1.807) is 0 Å². The molecule has 0 aliphatic carbocycles. The number of nitrogens with zero attached hydrogens (tertiary/aromatic N) is 2. The summed E-state index contributed by atoms with van der Waals surface area (Å²) in [6, 6.07) is 11.4. The fourth-order valence-electron chi connectivity index (χ4n) is 1.43. The summed E-state index contributed by atoms with van der Waals surface area (Å²) in [5, 5.41) is 9.49. The average Bonchev–Trinajstić information content (AvgIpc) is 2.46. The molecule has 0 bridgehead atoms. The molecule has 0 saturated heterocycles. The lowest BCUT2D eigenvalue weighted by molar-refractivity contribution is 1.25. The highest BCUT2D eigenvalue weighted by atomic mass is 79.9. The Bertz CT molecular complexity index is 607. The third kappa shape index (κ3) is 3.48. The van der Waals surface area contributed by atoms with Crippen LogP contribution in [-0.4, -0.2) is 4.98 Å². The molecule has 0 fully saturated rings. The topological polar surface area (TPSA) is 36.7 Å². The Kier molecular flexibility index (Phi) is 6.30. The standard InChI is InChI=1S/C12H5BrCl2N2.C2H6/c13-10-8(6-16)17-12(15)9(11(10)14)7-4-2-1-3-5-7;1-2/h1-5H;1-2H3. The molecule has 2 aromatic rings. The predicted octanol–water partition coefficient (Wildman–Crippen LogP) is 5.72. The molecule has 0 atom stereocenters. The van der Waals surface area contributed by atoms with Crippen LogP contribution in [0.4, 0.5) is 0 Å². The number of hydrogen-bond donors (Lipinski definition) is 0. The molecule has 0 N–H and O–H groups in total. The molecule has 98 valence electrons. The summed E-state index contributed by atoms with van der Waals surface area (Å²) in [5.41, 5.74) is 1.67. The van der Waals surface area contributed by atoms with Crippen LogP contribution in [0.1, 0.15) is 19.5 Å². The summed E-state index contributed by atoms with van der Waals surface area (Å²) in [7, 11) is 0. The van der Waals surface area contributed by atoms with Gasteiger partial charge in [0.1, 0.15) is 11.2 Å². The highest BCUT2D eigenvalue weighted by Crippen LogP contribution is 2.39. The zero-order valence-electron chi connectivity index (χ0n) is 10.4. The van der Waals surface area contributed by atoms with Gasteiger partial charge in [-0.15, -0.1) is 0 Å². The highest BCUT2D eigenvalue weighted by Gasteiger charge is 2.16. The van der Waals surface area contributed by atoms with Gasteiger partial charge in [-0.25, -0.2) is 4.98 Å². The lowest BCUT2D eigenvalue weighted by atomic mass is 10.1. The van der Waals surface area contributed by atoms with E-state index in [9.17, 15) is 0 Å². The first-order chi connectivity index (χ1) is 9.15. The molecular weight excluding hydrogens is 347 g/mol. The largest absolute Gasteiger partial charge is 0.223 e. The van der Waals surface area contributed by atoms with E-state index in [1.807, 2.05) is 50.2 Å². The normalized spacial score (nSPS) is 9.26. The lowest BCUT2D eigenvalue weighted by Crippen LogP contribution is -1.92. The number of aromatic nitrogens is 1. The van der Waals surface area contributed by atoms with Crippen molar-refractivity contribution in [2.75, 3.05) is 0 Å². The molecule has 1 heterocycles. The van der Waals surface area contributed by atoms with E-state index >= 15 is 0 Å². The van der Waals surface area contributed by atoms with E-state index in [-0.39, 0.29) is 10.8 Å². The molecular formula is C14H11BrCl2N2. The van der Waals surface area contributed by atoms with Gasteiger partial charge in [0.15, 0.2) is 5.69 Å². The molecule has 2 nitrogen and oxygen atoms in total. The van der Waals surface area contributed by atoms with Crippen molar-refractivity contribution in [3.8, 4) is 17.2 Å². The first kappa shape index (κ1) is 16.0. The first-order valence-corrected chi connectivity index (χ1v) is 7.20. The van der Waals surface area contributed by atoms with Crippen molar-refractivity contribution < 1.29 is 0 Å². The van der Waals surface area contributed by atoms with Gasteiger partial charge in [0.2, 0.25) is 0 Å². The van der Waals surface area contributed by atoms with E-state index in [1.165, 1.54) is 0 Å². The van der Waals surface area contributed by atoms with Gasteiger partial charge < -0.3 is 0 Å². The Morgan fingerprint density at radius 3 is 2.26 bits per heavy atom. The summed E-state index contributed by atoms with van der Waals surface area (Å²) in [6.07, 6.45) is 0. The molecule has 2 rings (SSSR count). The van der Waals surface area contributed by atoms with Crippen LogP contribution in [0.5, 0.6) is 0 Å². The molecule has 19 heavy (non-hydrogen) atoms. The molecule has 0 saturated carbocycles. The number of benzene rings is 1. The molecule has 5 heteroatoms. The van der Waals surface area contributed by atoms with E-state index < -0.39 is 0 Å². The van der Waals surface area contributed by atoms with Crippen LogP contribution >= 0.6 is 39.1 Å². The summed E-state index contributed by atoms with van der Waals surface area (Å²) >= 11 is 15.5. The first-order valence-electron chi connectivity index (χ1n) is 5.65. The molecule has 0 aliphatic rings. The lowest BCUT2D eigenvalue weighted by Gasteiger charge is -2.09. The molecule has 0 spiro atoms. The Labute approximate surface area is 131 Å². The van der Waals surface area contributed by atoms with Gasteiger partial charge in [0.25, 0.3) is 0 Å². The van der Waals surface area contributed by atoms with Gasteiger partial charge in [0, 0.05) is 5.56 Å². The summed E-state index contributed by atoms with van der Waals surface area (Å²) in [5.74, 6) is 0. The van der Waals surface area contributed by atoms with Crippen molar-refractivity contribution in [3.05, 3.63) is 50.7 Å². The monoisotopic (exact) mass is 356 g/mol. The molecule has 0 amide bonds. The van der Waals surface area contributed by atoms with Gasteiger partial charge in [-0.05, 0) is 21.5 Å². The van der Waals surface area contributed by atoms with E-state index in [0.717, 1.165) is 5.56 Å². The van der Waals surface area contributed by atoms with Crippen molar-refractivity contribution in [1.29, 1.82) is 5.26 Å². The van der Waals surface area contributed by atoms with E-state index in [4.69, 9.17) is 28.5 Å². The Morgan fingerprint density at radius 2 is 1.74 bits per heavy atom. The van der Waals surface area contributed by atoms with Crippen LogP contribution in [0.3, 0.4) is 0 Å². The van der Waals surface area contributed by atoms with Crippen LogP contribution in [0, 0.1) is 11.3 Å². The van der Waals surface area contributed by atoms with Crippen LogP contribution in [0.15, 0.2) is 34.8 Å². The molecule has 0 aliphatic heterocycles. The number of nitriles is 1. The zero-order valence-corrected chi connectivity index (χ0v) is 13.5. The van der Waals surface area contributed by atoms with Gasteiger partial charge in [-0.3, -0.25) is 0 Å². The Balaban J connectivity index is 0.000000861. The second kappa shape index (κ2) is 7.49. The zero-order chi connectivity index (χ0) is 14.4. The molecule has 1 aromatic carbocycles.